The molecule has 2 saturated heterocycles. The zero-order chi connectivity index (χ0) is 25.1. The summed E-state index contributed by atoms with van der Waals surface area (Å²) in [5.41, 5.74) is 6.19. The minimum absolute atomic E-state index is 0.00735. The molecule has 1 aromatic carbocycles. The second-order valence-electron chi connectivity index (χ2n) is 11.2. The molecule has 0 radical (unpaired) electrons. The zero-order valence-corrected chi connectivity index (χ0v) is 20.5. The van der Waals surface area contributed by atoms with E-state index in [9.17, 15) is 19.8 Å². The van der Waals surface area contributed by atoms with Crippen LogP contribution < -0.4 is 5.73 Å². The van der Waals surface area contributed by atoms with Crippen LogP contribution in [0, 0.1) is 5.92 Å². The summed E-state index contributed by atoms with van der Waals surface area (Å²) in [6.07, 6.45) is 6.60. The van der Waals surface area contributed by atoms with Gasteiger partial charge in [-0.2, -0.15) is 0 Å². The monoisotopic (exact) mass is 490 g/mol. The Bertz CT molecular complexity index is 1200. The van der Waals surface area contributed by atoms with Crippen LogP contribution in [0.5, 0.6) is 5.75 Å². The number of benzene rings is 1. The topological polar surface area (TPSA) is 120 Å². The van der Waals surface area contributed by atoms with Gasteiger partial charge in [0.15, 0.2) is 0 Å². The van der Waals surface area contributed by atoms with Gasteiger partial charge in [0.2, 0.25) is 5.91 Å². The molecular formula is C28H34N4O4. The number of carbonyl (C=O) groups excluding carboxylic acids is 2. The predicted octanol–water partition coefficient (Wildman–Crippen LogP) is 1.76. The number of nitrogens with two attached hydrogens (primary N) is 1. The highest BCUT2D eigenvalue weighted by molar-refractivity contribution is 5.96. The Hall–Kier alpha value is -2.97. The molecule has 0 spiro atoms. The highest BCUT2D eigenvalue weighted by Gasteiger charge is 2.64. The van der Waals surface area contributed by atoms with E-state index < -0.39 is 16.9 Å². The maximum absolute atomic E-state index is 13.3. The summed E-state index contributed by atoms with van der Waals surface area (Å²) in [5.74, 6) is -0.0903. The Morgan fingerprint density at radius 1 is 1.08 bits per heavy atom. The SMILES string of the molecule is NC(=O)c1ccc2c(c1O)[C@@]13CCN(C(=O)Cc4ccccn4)CC[C@@]1(O)[C@@H](C2)N(CC1CC1)CC3. The van der Waals surface area contributed by atoms with Crippen molar-refractivity contribution in [1.29, 1.82) is 0 Å². The number of likely N-dealkylation sites (tertiary alicyclic amines) is 2. The van der Waals surface area contributed by atoms with Gasteiger partial charge in [0, 0.05) is 48.5 Å². The lowest BCUT2D eigenvalue weighted by Gasteiger charge is -2.61. The van der Waals surface area contributed by atoms with Gasteiger partial charge in [-0.15, -0.1) is 0 Å². The smallest absolute Gasteiger partial charge is 0.252 e. The van der Waals surface area contributed by atoms with Gasteiger partial charge in [0.25, 0.3) is 5.91 Å². The molecule has 3 heterocycles. The number of nitrogens with zero attached hydrogens (tertiary/aromatic N) is 3. The van der Waals surface area contributed by atoms with Crippen molar-refractivity contribution in [3.63, 3.8) is 0 Å². The van der Waals surface area contributed by atoms with Crippen LogP contribution in [0.2, 0.25) is 0 Å². The van der Waals surface area contributed by atoms with Crippen molar-refractivity contribution in [3.8, 4) is 5.75 Å². The van der Waals surface area contributed by atoms with Gasteiger partial charge < -0.3 is 20.8 Å². The highest BCUT2D eigenvalue weighted by Crippen LogP contribution is 2.58. The van der Waals surface area contributed by atoms with E-state index in [0.717, 1.165) is 24.3 Å². The first-order valence-electron chi connectivity index (χ1n) is 13.1. The van der Waals surface area contributed by atoms with E-state index in [1.165, 1.54) is 12.8 Å². The molecule has 36 heavy (non-hydrogen) atoms. The molecule has 2 amide bonds. The zero-order valence-electron chi connectivity index (χ0n) is 20.5. The van der Waals surface area contributed by atoms with Crippen LogP contribution in [0.1, 0.15) is 59.3 Å². The van der Waals surface area contributed by atoms with E-state index in [2.05, 4.69) is 9.88 Å². The summed E-state index contributed by atoms with van der Waals surface area (Å²) in [6, 6.07) is 8.98. The second kappa shape index (κ2) is 8.56. The quantitative estimate of drug-likeness (QED) is 0.588. The summed E-state index contributed by atoms with van der Waals surface area (Å²) in [5, 5.41) is 23.9. The first-order chi connectivity index (χ1) is 17.3. The third kappa shape index (κ3) is 3.61. The Kier molecular flexibility index (Phi) is 5.57. The van der Waals surface area contributed by atoms with E-state index in [0.29, 0.717) is 50.3 Å². The van der Waals surface area contributed by atoms with Gasteiger partial charge in [-0.3, -0.25) is 19.5 Å². The van der Waals surface area contributed by atoms with Gasteiger partial charge in [0.05, 0.1) is 17.6 Å². The minimum atomic E-state index is -1.12. The average molecular weight is 491 g/mol. The van der Waals surface area contributed by atoms with Crippen LogP contribution in [-0.2, 0) is 23.1 Å². The number of amides is 2. The lowest BCUT2D eigenvalue weighted by molar-refractivity contribution is -0.150. The van der Waals surface area contributed by atoms with Gasteiger partial charge >= 0.3 is 0 Å². The average Bonchev–Trinajstić information content (AvgIpc) is 3.68. The fourth-order valence-corrected chi connectivity index (χ4v) is 7.20. The highest BCUT2D eigenvalue weighted by atomic mass is 16.3. The number of fused-ring (bicyclic) bond motifs is 1. The van der Waals surface area contributed by atoms with E-state index >= 15 is 0 Å². The molecule has 0 unspecified atom stereocenters. The summed E-state index contributed by atoms with van der Waals surface area (Å²) < 4.78 is 0. The molecule has 3 fully saturated rings. The van der Waals surface area contributed by atoms with Crippen LogP contribution in [0.4, 0.5) is 0 Å². The standard InChI is InChI=1S/C28H34N4O4/c29-26(35)21-7-6-19-15-22-28(36)10-14-31(23(33)16-20-3-1-2-11-30-20)12-8-27(28,24(19)25(21)34)9-13-32(22)17-18-4-5-18/h1-3,6-7,11,18,22,34,36H,4-5,8-10,12-17H2,(H2,29,35)/t22-,27+,28-/m1/s1. The Morgan fingerprint density at radius 2 is 1.86 bits per heavy atom. The van der Waals surface area contributed by atoms with Gasteiger partial charge in [-0.1, -0.05) is 12.1 Å². The Balaban J connectivity index is 1.39. The number of phenols is 1. The molecule has 6 rings (SSSR count). The van der Waals surface area contributed by atoms with Gasteiger partial charge in [0.1, 0.15) is 5.75 Å². The maximum atomic E-state index is 13.3. The molecule has 1 saturated carbocycles. The minimum Gasteiger partial charge on any atom is -0.507 e. The molecule has 4 aliphatic rings. The van der Waals surface area contributed by atoms with E-state index in [4.69, 9.17) is 5.73 Å². The van der Waals surface area contributed by atoms with E-state index in [1.54, 1.807) is 12.3 Å². The molecule has 3 atom stereocenters. The number of aliphatic hydroxyl groups is 1. The molecular weight excluding hydrogens is 456 g/mol. The summed E-state index contributed by atoms with van der Waals surface area (Å²) >= 11 is 0. The number of primary amides is 1. The second-order valence-corrected chi connectivity index (χ2v) is 11.2. The number of aromatic nitrogens is 1. The lowest BCUT2D eigenvalue weighted by atomic mass is 9.52. The van der Waals surface area contributed by atoms with Crippen LogP contribution in [0.3, 0.4) is 0 Å². The van der Waals surface area contributed by atoms with Crippen molar-refractivity contribution >= 4 is 11.8 Å². The third-order valence-electron chi connectivity index (χ3n) is 9.24. The Morgan fingerprint density at radius 3 is 2.58 bits per heavy atom. The van der Waals surface area contributed by atoms with Gasteiger partial charge in [-0.05, 0) is 74.8 Å². The van der Waals surface area contributed by atoms with Crippen LogP contribution in [-0.4, -0.2) is 74.6 Å². The van der Waals surface area contributed by atoms with Crippen LogP contribution >= 0.6 is 0 Å². The van der Waals surface area contributed by atoms with Crippen molar-refractivity contribution < 1.29 is 19.8 Å². The first-order valence-corrected chi connectivity index (χ1v) is 13.1. The number of rotatable bonds is 5. The van der Waals surface area contributed by atoms with Crippen molar-refractivity contribution in [3.05, 3.63) is 58.9 Å². The largest absolute Gasteiger partial charge is 0.507 e. The number of carbonyl (C=O) groups is 2. The van der Waals surface area contributed by atoms with Crippen LogP contribution in [0.15, 0.2) is 36.5 Å². The molecule has 190 valence electrons. The van der Waals surface area contributed by atoms with E-state index in [1.807, 2.05) is 29.2 Å². The predicted molar refractivity (Wildman–Crippen MR) is 133 cm³/mol. The molecule has 2 aliphatic carbocycles. The van der Waals surface area contributed by atoms with Crippen LogP contribution in [0.25, 0.3) is 0 Å². The molecule has 8 heteroatoms. The molecule has 1 aromatic heterocycles. The lowest BCUT2D eigenvalue weighted by Crippen LogP contribution is -2.71. The van der Waals surface area contributed by atoms with Crippen molar-refractivity contribution in [2.24, 2.45) is 11.7 Å². The fraction of sp³-hybridized carbons (Fsp3) is 0.536. The van der Waals surface area contributed by atoms with Crippen molar-refractivity contribution in [2.75, 3.05) is 26.2 Å². The molecule has 8 nitrogen and oxygen atoms in total. The third-order valence-corrected chi connectivity index (χ3v) is 9.24. The van der Waals surface area contributed by atoms with Crippen molar-refractivity contribution in [1.82, 2.24) is 14.8 Å². The van der Waals surface area contributed by atoms with Gasteiger partial charge in [-0.25, -0.2) is 0 Å². The number of pyridine rings is 1. The molecule has 2 aromatic rings. The van der Waals surface area contributed by atoms with E-state index in [-0.39, 0.29) is 29.7 Å². The van der Waals surface area contributed by atoms with Crippen molar-refractivity contribution in [2.45, 2.75) is 62.0 Å². The summed E-state index contributed by atoms with van der Waals surface area (Å²) in [4.78, 5) is 34.0. The number of piperidine rings is 1. The summed E-state index contributed by atoms with van der Waals surface area (Å²) in [6.45, 7) is 2.73. The normalized spacial score (nSPS) is 29.7. The number of hydrogen-bond donors (Lipinski definition) is 3. The summed E-state index contributed by atoms with van der Waals surface area (Å²) in [7, 11) is 0. The molecule has 2 aliphatic heterocycles. The molecule has 4 N–H and O–H groups in total. The first kappa shape index (κ1) is 23.4. The number of aromatic hydroxyl groups is 1. The number of hydrogen-bond acceptors (Lipinski definition) is 6. The Labute approximate surface area is 211 Å². The fourth-order valence-electron chi connectivity index (χ4n) is 7.20. The maximum Gasteiger partial charge on any atom is 0.252 e. The molecule has 2 bridgehead atoms.